The predicted octanol–water partition coefficient (Wildman–Crippen LogP) is 3.16. The Bertz CT molecular complexity index is 280. The van der Waals surface area contributed by atoms with Crippen molar-refractivity contribution in [2.24, 2.45) is 5.41 Å². The van der Waals surface area contributed by atoms with Crippen LogP contribution in [0, 0.1) is 5.41 Å². The molecule has 1 heterocycles. The molecule has 13 heavy (non-hydrogen) atoms. The zero-order valence-electron chi connectivity index (χ0n) is 8.17. The molecule has 0 aliphatic heterocycles. The molecule has 0 amide bonds. The molecule has 0 radical (unpaired) electrons. The molecule has 1 aromatic heterocycles. The maximum atomic E-state index is 5.70. The van der Waals surface area contributed by atoms with Crippen LogP contribution in [0.25, 0.3) is 0 Å². The number of hydrogen-bond acceptors (Lipinski definition) is 2. The lowest BCUT2D eigenvalue weighted by Gasteiger charge is -2.18. The van der Waals surface area contributed by atoms with E-state index in [-0.39, 0.29) is 5.41 Å². The highest BCUT2D eigenvalue weighted by atomic mass is 35.5. The van der Waals surface area contributed by atoms with Gasteiger partial charge < -0.3 is 4.74 Å². The second-order valence-electron chi connectivity index (χ2n) is 4.15. The number of pyridine rings is 1. The van der Waals surface area contributed by atoms with E-state index in [9.17, 15) is 0 Å². The van der Waals surface area contributed by atoms with Gasteiger partial charge in [0.25, 0.3) is 0 Å². The second kappa shape index (κ2) is 3.97. The lowest BCUT2D eigenvalue weighted by molar-refractivity contribution is 0.191. The summed E-state index contributed by atoms with van der Waals surface area (Å²) in [4.78, 5) is 4.02. The lowest BCUT2D eigenvalue weighted by Crippen LogP contribution is -2.17. The van der Waals surface area contributed by atoms with E-state index in [1.807, 2.05) is 6.07 Å². The highest BCUT2D eigenvalue weighted by Gasteiger charge is 2.11. The van der Waals surface area contributed by atoms with Gasteiger partial charge in [-0.15, -0.1) is 0 Å². The summed E-state index contributed by atoms with van der Waals surface area (Å²) in [5, 5.41) is 0.464. The molecule has 0 saturated carbocycles. The summed E-state index contributed by atoms with van der Waals surface area (Å²) in [6.45, 7) is 6.97. The fourth-order valence-electron chi connectivity index (χ4n) is 0.760. The van der Waals surface area contributed by atoms with Gasteiger partial charge in [-0.1, -0.05) is 38.4 Å². The summed E-state index contributed by atoms with van der Waals surface area (Å²) in [6.07, 6.45) is 0. The van der Waals surface area contributed by atoms with Gasteiger partial charge in [-0.2, -0.15) is 0 Å². The van der Waals surface area contributed by atoms with Crippen molar-refractivity contribution < 1.29 is 4.74 Å². The Labute approximate surface area is 83.9 Å². The van der Waals surface area contributed by atoms with Crippen LogP contribution in [-0.4, -0.2) is 11.6 Å². The normalized spacial score (nSPS) is 11.4. The molecular weight excluding hydrogens is 186 g/mol. The Balaban J connectivity index is 2.55. The van der Waals surface area contributed by atoms with Crippen LogP contribution in [0.5, 0.6) is 5.88 Å². The summed E-state index contributed by atoms with van der Waals surface area (Å²) < 4.78 is 5.46. The monoisotopic (exact) mass is 199 g/mol. The quantitative estimate of drug-likeness (QED) is 0.683. The highest BCUT2D eigenvalue weighted by molar-refractivity contribution is 6.29. The molecule has 0 aromatic carbocycles. The second-order valence-corrected chi connectivity index (χ2v) is 4.54. The number of halogens is 1. The SMILES string of the molecule is CC(C)(C)COc1cccc(Cl)n1. The molecule has 72 valence electrons. The first-order chi connectivity index (χ1) is 5.97. The summed E-state index contributed by atoms with van der Waals surface area (Å²) in [5.74, 6) is 0.586. The van der Waals surface area contributed by atoms with E-state index >= 15 is 0 Å². The first kappa shape index (κ1) is 10.3. The van der Waals surface area contributed by atoms with Crippen LogP contribution in [0.2, 0.25) is 5.15 Å². The summed E-state index contributed by atoms with van der Waals surface area (Å²) in [7, 11) is 0. The molecule has 0 atom stereocenters. The van der Waals surface area contributed by atoms with Crippen LogP contribution >= 0.6 is 11.6 Å². The highest BCUT2D eigenvalue weighted by Crippen LogP contribution is 2.17. The lowest BCUT2D eigenvalue weighted by atomic mass is 9.99. The van der Waals surface area contributed by atoms with E-state index in [0.717, 1.165) is 0 Å². The first-order valence-electron chi connectivity index (χ1n) is 4.23. The molecule has 1 aromatic rings. The zero-order valence-corrected chi connectivity index (χ0v) is 8.93. The van der Waals surface area contributed by atoms with Gasteiger partial charge in [0, 0.05) is 6.07 Å². The Morgan fingerprint density at radius 1 is 1.38 bits per heavy atom. The molecule has 0 unspecified atom stereocenters. The van der Waals surface area contributed by atoms with Crippen molar-refractivity contribution in [2.75, 3.05) is 6.61 Å². The van der Waals surface area contributed by atoms with Gasteiger partial charge in [-0.3, -0.25) is 0 Å². The summed E-state index contributed by atoms with van der Waals surface area (Å²) in [5.41, 5.74) is 0.143. The molecule has 0 N–H and O–H groups in total. The largest absolute Gasteiger partial charge is 0.477 e. The maximum absolute atomic E-state index is 5.70. The van der Waals surface area contributed by atoms with Gasteiger partial charge in [0.15, 0.2) is 0 Å². The van der Waals surface area contributed by atoms with E-state index in [1.165, 1.54) is 0 Å². The third kappa shape index (κ3) is 4.13. The molecule has 0 saturated heterocycles. The number of nitrogens with zero attached hydrogens (tertiary/aromatic N) is 1. The first-order valence-corrected chi connectivity index (χ1v) is 4.60. The number of aromatic nitrogens is 1. The van der Waals surface area contributed by atoms with Crippen LogP contribution in [-0.2, 0) is 0 Å². The van der Waals surface area contributed by atoms with Crippen molar-refractivity contribution in [3.63, 3.8) is 0 Å². The van der Waals surface area contributed by atoms with E-state index in [4.69, 9.17) is 16.3 Å². The van der Waals surface area contributed by atoms with E-state index < -0.39 is 0 Å². The average molecular weight is 200 g/mol. The van der Waals surface area contributed by atoms with Crippen LogP contribution in [0.4, 0.5) is 0 Å². The Kier molecular flexibility index (Phi) is 3.15. The average Bonchev–Trinajstić information content (AvgIpc) is 2.00. The van der Waals surface area contributed by atoms with Gasteiger partial charge in [-0.25, -0.2) is 4.98 Å². The van der Waals surface area contributed by atoms with Crippen molar-refractivity contribution in [2.45, 2.75) is 20.8 Å². The number of rotatable bonds is 2. The third-order valence-electron chi connectivity index (χ3n) is 1.34. The Morgan fingerprint density at radius 3 is 2.62 bits per heavy atom. The van der Waals surface area contributed by atoms with Crippen molar-refractivity contribution in [1.29, 1.82) is 0 Å². The fourth-order valence-corrected chi connectivity index (χ4v) is 0.917. The van der Waals surface area contributed by atoms with Crippen LogP contribution in [0.15, 0.2) is 18.2 Å². The number of hydrogen-bond donors (Lipinski definition) is 0. The minimum absolute atomic E-state index is 0.143. The Morgan fingerprint density at radius 2 is 2.08 bits per heavy atom. The molecule has 0 spiro atoms. The van der Waals surface area contributed by atoms with Gasteiger partial charge >= 0.3 is 0 Å². The number of ether oxygens (including phenoxy) is 1. The predicted molar refractivity (Wildman–Crippen MR) is 54.2 cm³/mol. The van der Waals surface area contributed by atoms with Gasteiger partial charge in [0.1, 0.15) is 5.15 Å². The van der Waals surface area contributed by atoms with Crippen molar-refractivity contribution in [1.82, 2.24) is 4.98 Å². The molecule has 2 nitrogen and oxygen atoms in total. The Hall–Kier alpha value is -0.760. The molecule has 0 bridgehead atoms. The van der Waals surface area contributed by atoms with E-state index in [0.29, 0.717) is 17.6 Å². The van der Waals surface area contributed by atoms with Crippen molar-refractivity contribution in [3.8, 4) is 5.88 Å². The van der Waals surface area contributed by atoms with Crippen molar-refractivity contribution >= 4 is 11.6 Å². The van der Waals surface area contributed by atoms with Crippen LogP contribution in [0.1, 0.15) is 20.8 Å². The summed E-state index contributed by atoms with van der Waals surface area (Å²) in [6, 6.07) is 5.36. The zero-order chi connectivity index (χ0) is 9.90. The molecule has 1 rings (SSSR count). The molecule has 0 aliphatic carbocycles. The molecule has 3 heteroatoms. The molecule has 0 fully saturated rings. The minimum Gasteiger partial charge on any atom is -0.477 e. The fraction of sp³-hybridized carbons (Fsp3) is 0.500. The van der Waals surface area contributed by atoms with Crippen LogP contribution in [0.3, 0.4) is 0 Å². The van der Waals surface area contributed by atoms with E-state index in [2.05, 4.69) is 25.8 Å². The molecule has 0 aliphatic rings. The van der Waals surface area contributed by atoms with Gasteiger partial charge in [-0.05, 0) is 11.5 Å². The van der Waals surface area contributed by atoms with Crippen molar-refractivity contribution in [3.05, 3.63) is 23.4 Å². The topological polar surface area (TPSA) is 22.1 Å². The third-order valence-corrected chi connectivity index (χ3v) is 1.55. The van der Waals surface area contributed by atoms with Gasteiger partial charge in [0.05, 0.1) is 6.61 Å². The maximum Gasteiger partial charge on any atom is 0.214 e. The molecular formula is C10H14ClNO. The minimum atomic E-state index is 0.143. The van der Waals surface area contributed by atoms with Gasteiger partial charge in [0.2, 0.25) is 5.88 Å². The van der Waals surface area contributed by atoms with E-state index in [1.54, 1.807) is 12.1 Å². The smallest absolute Gasteiger partial charge is 0.214 e. The van der Waals surface area contributed by atoms with Crippen LogP contribution < -0.4 is 4.74 Å². The summed E-state index contributed by atoms with van der Waals surface area (Å²) >= 11 is 5.70. The standard InChI is InChI=1S/C10H14ClNO/c1-10(2,3)7-13-9-6-4-5-8(11)12-9/h4-6H,7H2,1-3H3.